The number of hydrogen-bond acceptors (Lipinski definition) is 6. The Labute approximate surface area is 149 Å². The van der Waals surface area contributed by atoms with Crippen LogP contribution >= 0.6 is 11.8 Å². The van der Waals surface area contributed by atoms with E-state index in [1.54, 1.807) is 11.7 Å². The van der Waals surface area contributed by atoms with Gasteiger partial charge < -0.3 is 9.73 Å². The Bertz CT molecular complexity index is 895. The van der Waals surface area contributed by atoms with Crippen molar-refractivity contribution in [3.8, 4) is 11.5 Å². The molecule has 1 N–H and O–H groups in total. The van der Waals surface area contributed by atoms with E-state index in [-0.39, 0.29) is 11.7 Å². The number of anilines is 1. The van der Waals surface area contributed by atoms with Crippen molar-refractivity contribution in [3.05, 3.63) is 41.1 Å². The second-order valence-electron chi connectivity index (χ2n) is 5.88. The lowest BCUT2D eigenvalue weighted by molar-refractivity contribution is -0.113. The van der Waals surface area contributed by atoms with Crippen LogP contribution in [0.5, 0.6) is 0 Å². The van der Waals surface area contributed by atoms with Crippen LogP contribution in [0.3, 0.4) is 0 Å². The van der Waals surface area contributed by atoms with Gasteiger partial charge in [0.15, 0.2) is 0 Å². The minimum absolute atomic E-state index is 0.154. The number of carbonyl (C=O) groups excluding carboxylic acids is 1. The summed E-state index contributed by atoms with van der Waals surface area (Å²) in [6, 6.07) is 7.88. The molecule has 130 valence electrons. The van der Waals surface area contributed by atoms with Gasteiger partial charge >= 0.3 is 0 Å². The van der Waals surface area contributed by atoms with Crippen molar-refractivity contribution in [1.29, 1.82) is 0 Å². The van der Waals surface area contributed by atoms with Crippen LogP contribution in [0.15, 0.2) is 33.9 Å². The van der Waals surface area contributed by atoms with E-state index in [1.807, 2.05) is 39.0 Å². The molecule has 0 atom stereocenters. The molecule has 3 aromatic rings. The second-order valence-corrected chi connectivity index (χ2v) is 6.81. The number of rotatable bonds is 5. The average Bonchev–Trinajstić information content (AvgIpc) is 3.11. The monoisotopic (exact) mass is 357 g/mol. The van der Waals surface area contributed by atoms with Crippen LogP contribution in [0.1, 0.15) is 16.8 Å². The van der Waals surface area contributed by atoms with E-state index < -0.39 is 0 Å². The number of hydrogen-bond donors (Lipinski definition) is 1. The summed E-state index contributed by atoms with van der Waals surface area (Å²) in [5, 5.41) is 15.4. The van der Waals surface area contributed by atoms with Crippen LogP contribution in [0.4, 0.5) is 5.82 Å². The van der Waals surface area contributed by atoms with Crippen molar-refractivity contribution in [2.24, 2.45) is 7.05 Å². The van der Waals surface area contributed by atoms with Crippen LogP contribution in [-0.4, -0.2) is 31.6 Å². The smallest absolute Gasteiger partial charge is 0.277 e. The number of amides is 1. The largest absolute Gasteiger partial charge is 0.411 e. The fourth-order valence-electron chi connectivity index (χ4n) is 2.52. The van der Waals surface area contributed by atoms with Crippen molar-refractivity contribution >= 4 is 23.5 Å². The van der Waals surface area contributed by atoms with Gasteiger partial charge in [0.05, 0.1) is 11.4 Å². The van der Waals surface area contributed by atoms with Crippen LogP contribution in [0, 0.1) is 20.8 Å². The second kappa shape index (κ2) is 7.10. The standard InChI is InChI=1S/C17H19N5O2S/c1-10-5-11(2)7-13(6-10)16-19-20-17(24-16)25-9-15(23)18-14-8-12(3)21-22(14)4/h5-8H,9H2,1-4H3,(H,18,23). The molecule has 0 saturated carbocycles. The minimum atomic E-state index is -0.154. The molecule has 3 rings (SSSR count). The number of aromatic nitrogens is 4. The predicted molar refractivity (Wildman–Crippen MR) is 96.5 cm³/mol. The predicted octanol–water partition coefficient (Wildman–Crippen LogP) is 3.13. The highest BCUT2D eigenvalue weighted by Crippen LogP contribution is 2.25. The van der Waals surface area contributed by atoms with Crippen molar-refractivity contribution < 1.29 is 9.21 Å². The highest BCUT2D eigenvalue weighted by Gasteiger charge is 2.13. The first-order valence-corrected chi connectivity index (χ1v) is 8.75. The molecule has 25 heavy (non-hydrogen) atoms. The summed E-state index contributed by atoms with van der Waals surface area (Å²) in [4.78, 5) is 12.1. The SMILES string of the molecule is Cc1cc(C)cc(-c2nnc(SCC(=O)Nc3cc(C)nn3C)o2)c1. The van der Waals surface area contributed by atoms with Gasteiger partial charge in [0, 0.05) is 18.7 Å². The first-order chi connectivity index (χ1) is 11.9. The van der Waals surface area contributed by atoms with Gasteiger partial charge in [-0.3, -0.25) is 9.48 Å². The van der Waals surface area contributed by atoms with Crippen LogP contribution < -0.4 is 5.32 Å². The third-order valence-electron chi connectivity index (χ3n) is 3.47. The molecule has 2 aromatic heterocycles. The van der Waals surface area contributed by atoms with Gasteiger partial charge in [0.25, 0.3) is 5.22 Å². The summed E-state index contributed by atoms with van der Waals surface area (Å²) < 4.78 is 7.28. The Balaban J connectivity index is 1.61. The fourth-order valence-corrected chi connectivity index (χ4v) is 3.08. The maximum absolute atomic E-state index is 12.1. The number of benzene rings is 1. The molecule has 0 saturated heterocycles. The van der Waals surface area contributed by atoms with Crippen molar-refractivity contribution in [1.82, 2.24) is 20.0 Å². The highest BCUT2D eigenvalue weighted by atomic mass is 32.2. The Morgan fingerprint density at radius 3 is 2.52 bits per heavy atom. The van der Waals surface area contributed by atoms with E-state index in [1.165, 1.54) is 11.8 Å². The Morgan fingerprint density at radius 2 is 1.88 bits per heavy atom. The van der Waals surface area contributed by atoms with Crippen molar-refractivity contribution in [2.45, 2.75) is 26.0 Å². The topological polar surface area (TPSA) is 85.8 Å². The zero-order chi connectivity index (χ0) is 18.0. The normalized spacial score (nSPS) is 10.9. The van der Waals surface area contributed by atoms with Gasteiger partial charge in [-0.1, -0.05) is 29.0 Å². The molecule has 0 spiro atoms. The summed E-state index contributed by atoms with van der Waals surface area (Å²) in [5.41, 5.74) is 3.99. The van der Waals surface area contributed by atoms with Crippen molar-refractivity contribution in [2.75, 3.05) is 11.1 Å². The molecule has 1 aromatic carbocycles. The molecule has 0 aliphatic heterocycles. The lowest BCUT2D eigenvalue weighted by Gasteiger charge is -2.03. The van der Waals surface area contributed by atoms with Crippen molar-refractivity contribution in [3.63, 3.8) is 0 Å². The fraction of sp³-hybridized carbons (Fsp3) is 0.294. The Hall–Kier alpha value is -2.61. The average molecular weight is 357 g/mol. The summed E-state index contributed by atoms with van der Waals surface area (Å²) >= 11 is 1.20. The lowest BCUT2D eigenvalue weighted by Crippen LogP contribution is -2.16. The van der Waals surface area contributed by atoms with Gasteiger partial charge in [0.2, 0.25) is 11.8 Å². The van der Waals surface area contributed by atoms with E-state index in [0.29, 0.717) is 16.9 Å². The maximum atomic E-state index is 12.1. The summed E-state index contributed by atoms with van der Waals surface area (Å²) in [6.07, 6.45) is 0. The molecule has 8 heteroatoms. The van der Waals surface area contributed by atoms with Gasteiger partial charge in [-0.2, -0.15) is 5.10 Å². The van der Waals surface area contributed by atoms with E-state index in [4.69, 9.17) is 4.42 Å². The Kier molecular flexibility index (Phi) is 4.89. The molecule has 1 amide bonds. The van der Waals surface area contributed by atoms with Gasteiger partial charge in [0.1, 0.15) is 5.82 Å². The molecule has 0 aliphatic carbocycles. The first-order valence-electron chi connectivity index (χ1n) is 7.76. The first kappa shape index (κ1) is 17.2. The van der Waals surface area contributed by atoms with Crippen LogP contribution in [0.25, 0.3) is 11.5 Å². The van der Waals surface area contributed by atoms with Crippen LogP contribution in [0.2, 0.25) is 0 Å². The molecular formula is C17H19N5O2S. The molecule has 0 unspecified atom stereocenters. The molecule has 0 fully saturated rings. The van der Waals surface area contributed by atoms with Gasteiger partial charge in [-0.25, -0.2) is 0 Å². The zero-order valence-corrected chi connectivity index (χ0v) is 15.3. The van der Waals surface area contributed by atoms with E-state index >= 15 is 0 Å². The maximum Gasteiger partial charge on any atom is 0.277 e. The quantitative estimate of drug-likeness (QED) is 0.706. The third kappa shape index (κ3) is 4.27. The van der Waals surface area contributed by atoms with Gasteiger partial charge in [-0.05, 0) is 32.9 Å². The summed E-state index contributed by atoms with van der Waals surface area (Å²) in [6.45, 7) is 5.91. The molecule has 0 aliphatic rings. The molecule has 0 radical (unpaired) electrons. The Morgan fingerprint density at radius 1 is 1.16 bits per heavy atom. The molecule has 7 nitrogen and oxygen atoms in total. The summed E-state index contributed by atoms with van der Waals surface area (Å²) in [5.74, 6) is 1.14. The number of aryl methyl sites for hydroxylation is 4. The number of nitrogens with zero attached hydrogens (tertiary/aromatic N) is 4. The lowest BCUT2D eigenvalue weighted by atomic mass is 10.1. The number of carbonyl (C=O) groups is 1. The minimum Gasteiger partial charge on any atom is -0.411 e. The van der Waals surface area contributed by atoms with Gasteiger partial charge in [-0.15, -0.1) is 10.2 Å². The molecular weight excluding hydrogens is 338 g/mol. The molecule has 0 bridgehead atoms. The van der Waals surface area contributed by atoms with Crippen LogP contribution in [-0.2, 0) is 11.8 Å². The third-order valence-corrected chi connectivity index (χ3v) is 4.29. The van der Waals surface area contributed by atoms with E-state index in [0.717, 1.165) is 22.4 Å². The van der Waals surface area contributed by atoms with E-state index in [9.17, 15) is 4.79 Å². The highest BCUT2D eigenvalue weighted by molar-refractivity contribution is 7.99. The summed E-state index contributed by atoms with van der Waals surface area (Å²) in [7, 11) is 1.78. The zero-order valence-electron chi connectivity index (χ0n) is 14.5. The number of thioether (sulfide) groups is 1. The number of nitrogens with one attached hydrogen (secondary N) is 1. The van der Waals surface area contributed by atoms with E-state index in [2.05, 4.69) is 26.7 Å². The molecule has 2 heterocycles.